The van der Waals surface area contributed by atoms with E-state index in [2.05, 4.69) is 6.92 Å². The van der Waals surface area contributed by atoms with E-state index in [4.69, 9.17) is 9.47 Å². The monoisotopic (exact) mass is 331 g/mol. The number of hydrogen-bond donors (Lipinski definition) is 1. The molecule has 1 amide bonds. The number of hydrogen-bond acceptors (Lipinski definition) is 3. The van der Waals surface area contributed by atoms with Gasteiger partial charge in [-0.25, -0.2) is 0 Å². The Hall–Kier alpha value is -2.18. The van der Waals surface area contributed by atoms with Crippen LogP contribution in [0.4, 0.5) is 13.2 Å². The number of methoxy groups -OCH3 is 1. The molecule has 0 aromatic heterocycles. The zero-order valence-corrected chi connectivity index (χ0v) is 13.1. The van der Waals surface area contributed by atoms with Crippen molar-refractivity contribution in [3.05, 3.63) is 29.8 Å². The number of unbranched alkanes of at least 4 members (excludes halogenated alkanes) is 1. The van der Waals surface area contributed by atoms with Crippen molar-refractivity contribution >= 4 is 12.0 Å². The van der Waals surface area contributed by atoms with Crippen LogP contribution in [0.2, 0.25) is 0 Å². The summed E-state index contributed by atoms with van der Waals surface area (Å²) >= 11 is 0. The second-order valence-electron chi connectivity index (χ2n) is 4.78. The Morgan fingerprint density at radius 1 is 1.30 bits per heavy atom. The van der Waals surface area contributed by atoms with E-state index in [1.54, 1.807) is 23.5 Å². The van der Waals surface area contributed by atoms with Crippen molar-refractivity contribution in [3.63, 3.8) is 0 Å². The minimum atomic E-state index is -4.43. The van der Waals surface area contributed by atoms with Crippen LogP contribution in [-0.2, 0) is 4.79 Å². The molecule has 0 fully saturated rings. The van der Waals surface area contributed by atoms with E-state index >= 15 is 0 Å². The van der Waals surface area contributed by atoms with Crippen LogP contribution < -0.4 is 14.8 Å². The number of rotatable bonds is 8. The van der Waals surface area contributed by atoms with Gasteiger partial charge in [0, 0.05) is 6.08 Å². The normalized spacial score (nSPS) is 11.5. The summed E-state index contributed by atoms with van der Waals surface area (Å²) in [6.07, 6.45) is -0.0489. The molecule has 128 valence electrons. The van der Waals surface area contributed by atoms with Crippen molar-refractivity contribution in [1.82, 2.24) is 5.32 Å². The van der Waals surface area contributed by atoms with Crippen molar-refractivity contribution in [2.24, 2.45) is 0 Å². The van der Waals surface area contributed by atoms with Crippen LogP contribution in [0.25, 0.3) is 6.08 Å². The maximum absolute atomic E-state index is 12.0. The molecule has 0 spiro atoms. The molecule has 7 heteroatoms. The highest BCUT2D eigenvalue weighted by Crippen LogP contribution is 2.28. The van der Waals surface area contributed by atoms with Gasteiger partial charge in [-0.1, -0.05) is 19.4 Å². The van der Waals surface area contributed by atoms with Gasteiger partial charge in [-0.3, -0.25) is 4.79 Å². The molecule has 23 heavy (non-hydrogen) atoms. The van der Waals surface area contributed by atoms with Crippen molar-refractivity contribution in [2.75, 3.05) is 20.3 Å². The quantitative estimate of drug-likeness (QED) is 0.585. The van der Waals surface area contributed by atoms with Crippen LogP contribution in [0.3, 0.4) is 0 Å². The molecule has 0 aliphatic carbocycles. The van der Waals surface area contributed by atoms with E-state index < -0.39 is 18.6 Å². The fourth-order valence-electron chi connectivity index (χ4n) is 1.65. The van der Waals surface area contributed by atoms with Crippen LogP contribution in [-0.4, -0.2) is 32.3 Å². The second kappa shape index (κ2) is 9.07. The Bertz CT molecular complexity index is 542. The van der Waals surface area contributed by atoms with Gasteiger partial charge >= 0.3 is 6.18 Å². The predicted octanol–water partition coefficient (Wildman–Crippen LogP) is 3.57. The zero-order chi connectivity index (χ0) is 17.3. The number of carbonyl (C=O) groups excluding carboxylic acids is 1. The van der Waals surface area contributed by atoms with E-state index in [1.807, 2.05) is 0 Å². The van der Waals surface area contributed by atoms with Gasteiger partial charge in [0.05, 0.1) is 13.7 Å². The number of amides is 1. The molecule has 1 aromatic rings. The molecule has 0 aliphatic heterocycles. The standard InChI is InChI=1S/C16H20F3NO3/c1-3-4-9-23-13-7-5-12(10-14(13)22-2)6-8-15(21)20-11-16(17,18)19/h5-8,10H,3-4,9,11H2,1-2H3,(H,20,21). The van der Waals surface area contributed by atoms with Crippen molar-refractivity contribution in [2.45, 2.75) is 25.9 Å². The van der Waals surface area contributed by atoms with E-state index in [0.717, 1.165) is 18.9 Å². The summed E-state index contributed by atoms with van der Waals surface area (Å²) in [6.45, 7) is 1.27. The van der Waals surface area contributed by atoms with Gasteiger partial charge in [0.1, 0.15) is 6.54 Å². The predicted molar refractivity (Wildman–Crippen MR) is 81.5 cm³/mol. The molecule has 1 aromatic carbocycles. The Morgan fingerprint density at radius 3 is 2.65 bits per heavy atom. The van der Waals surface area contributed by atoms with Crippen LogP contribution in [0, 0.1) is 0 Å². The number of benzene rings is 1. The second-order valence-corrected chi connectivity index (χ2v) is 4.78. The van der Waals surface area contributed by atoms with Gasteiger partial charge in [0.15, 0.2) is 11.5 Å². The molecule has 0 bridgehead atoms. The van der Waals surface area contributed by atoms with Gasteiger partial charge in [-0.15, -0.1) is 0 Å². The first-order valence-corrected chi connectivity index (χ1v) is 7.19. The summed E-state index contributed by atoms with van der Waals surface area (Å²) < 4.78 is 46.7. The molecular formula is C16H20F3NO3. The third-order valence-corrected chi connectivity index (χ3v) is 2.83. The van der Waals surface area contributed by atoms with Crippen LogP contribution in [0.5, 0.6) is 11.5 Å². The molecule has 0 heterocycles. The van der Waals surface area contributed by atoms with Crippen molar-refractivity contribution < 1.29 is 27.4 Å². The first kappa shape index (κ1) is 18.9. The third-order valence-electron chi connectivity index (χ3n) is 2.83. The number of nitrogens with one attached hydrogen (secondary N) is 1. The zero-order valence-electron chi connectivity index (χ0n) is 13.1. The minimum Gasteiger partial charge on any atom is -0.493 e. The molecule has 1 rings (SSSR count). The van der Waals surface area contributed by atoms with Crippen molar-refractivity contribution in [1.29, 1.82) is 0 Å². The SMILES string of the molecule is CCCCOc1ccc(C=CC(=O)NCC(F)(F)F)cc1OC. The Balaban J connectivity index is 2.66. The molecule has 0 radical (unpaired) electrons. The largest absolute Gasteiger partial charge is 0.493 e. The fraction of sp³-hybridized carbons (Fsp3) is 0.438. The van der Waals surface area contributed by atoms with Gasteiger partial charge in [-0.2, -0.15) is 13.2 Å². The number of alkyl halides is 3. The van der Waals surface area contributed by atoms with Crippen LogP contribution in [0.15, 0.2) is 24.3 Å². The number of ether oxygens (including phenoxy) is 2. The van der Waals surface area contributed by atoms with Crippen LogP contribution in [0.1, 0.15) is 25.3 Å². The molecule has 0 saturated carbocycles. The highest BCUT2D eigenvalue weighted by molar-refractivity contribution is 5.91. The van der Waals surface area contributed by atoms with Crippen LogP contribution >= 0.6 is 0 Å². The first-order valence-electron chi connectivity index (χ1n) is 7.19. The third kappa shape index (κ3) is 7.58. The first-order chi connectivity index (χ1) is 10.9. The highest BCUT2D eigenvalue weighted by Gasteiger charge is 2.27. The lowest BCUT2D eigenvalue weighted by molar-refractivity contribution is -0.135. The summed E-state index contributed by atoms with van der Waals surface area (Å²) in [4.78, 5) is 11.3. The molecule has 0 aliphatic rings. The summed E-state index contributed by atoms with van der Waals surface area (Å²) in [6, 6.07) is 5.04. The van der Waals surface area contributed by atoms with Gasteiger partial charge < -0.3 is 14.8 Å². The molecule has 4 nitrogen and oxygen atoms in total. The van der Waals surface area contributed by atoms with E-state index in [9.17, 15) is 18.0 Å². The molecular weight excluding hydrogens is 311 g/mol. The summed E-state index contributed by atoms with van der Waals surface area (Å²) in [5.41, 5.74) is 0.617. The highest BCUT2D eigenvalue weighted by atomic mass is 19.4. The van der Waals surface area contributed by atoms with E-state index in [-0.39, 0.29) is 0 Å². The average Bonchev–Trinajstić information content (AvgIpc) is 2.51. The average molecular weight is 331 g/mol. The van der Waals surface area contributed by atoms with Gasteiger partial charge in [-0.05, 0) is 30.2 Å². The van der Waals surface area contributed by atoms with E-state index in [0.29, 0.717) is 23.7 Å². The van der Waals surface area contributed by atoms with Gasteiger partial charge in [0.2, 0.25) is 5.91 Å². The molecule has 0 unspecified atom stereocenters. The van der Waals surface area contributed by atoms with E-state index in [1.165, 1.54) is 13.2 Å². The number of halogens is 3. The number of carbonyl (C=O) groups is 1. The summed E-state index contributed by atoms with van der Waals surface area (Å²) in [5, 5.41) is 1.76. The lowest BCUT2D eigenvalue weighted by Crippen LogP contribution is -2.32. The molecule has 0 saturated heterocycles. The smallest absolute Gasteiger partial charge is 0.405 e. The Morgan fingerprint density at radius 2 is 2.04 bits per heavy atom. The van der Waals surface area contributed by atoms with Crippen molar-refractivity contribution in [3.8, 4) is 11.5 Å². The fourth-order valence-corrected chi connectivity index (χ4v) is 1.65. The molecule has 0 atom stereocenters. The summed E-state index contributed by atoms with van der Waals surface area (Å²) in [7, 11) is 1.49. The summed E-state index contributed by atoms with van der Waals surface area (Å²) in [5.74, 6) is 0.267. The Kier molecular flexibility index (Phi) is 7.44. The lowest BCUT2D eigenvalue weighted by atomic mass is 10.2. The maximum atomic E-state index is 12.0. The molecule has 1 N–H and O–H groups in total. The maximum Gasteiger partial charge on any atom is 0.405 e. The topological polar surface area (TPSA) is 47.6 Å². The minimum absolute atomic E-state index is 0.499. The van der Waals surface area contributed by atoms with Gasteiger partial charge in [0.25, 0.3) is 0 Å². The lowest BCUT2D eigenvalue weighted by Gasteiger charge is -2.11. The Labute approximate surface area is 133 Å².